The minimum Gasteiger partial charge on any atom is -1.00 e. The molecule has 4 heteroatoms. The Morgan fingerprint density at radius 1 is 1.15 bits per heavy atom. The summed E-state index contributed by atoms with van der Waals surface area (Å²) < 4.78 is 0. The smallest absolute Gasteiger partial charge is 1.00 e. The van der Waals surface area contributed by atoms with E-state index in [1.807, 2.05) is 0 Å². The number of hydrogen-bond acceptors (Lipinski definition) is 2. The summed E-state index contributed by atoms with van der Waals surface area (Å²) in [6, 6.07) is 1.25. The second-order valence-corrected chi connectivity index (χ2v) is 3.55. The van der Waals surface area contributed by atoms with Crippen LogP contribution in [-0.4, -0.2) is 37.5 Å². The summed E-state index contributed by atoms with van der Waals surface area (Å²) in [6.07, 6.45) is 0.750. The van der Waals surface area contributed by atoms with Crippen LogP contribution in [0.15, 0.2) is 0 Å². The summed E-state index contributed by atoms with van der Waals surface area (Å²) in [7, 11) is 3.38. The van der Waals surface area contributed by atoms with E-state index >= 15 is 0 Å². The zero-order valence-electron chi connectivity index (χ0n) is 11.1. The topological polar surface area (TPSA) is 32.3 Å². The van der Waals surface area contributed by atoms with Crippen LogP contribution < -0.4 is 24.2 Å². The third kappa shape index (κ3) is 33.3. The van der Waals surface area contributed by atoms with Gasteiger partial charge in [0.25, 0.3) is 0 Å². The van der Waals surface area contributed by atoms with Gasteiger partial charge in [-0.25, -0.2) is 0 Å². The van der Waals surface area contributed by atoms with Crippen LogP contribution >= 0.6 is 0 Å². The summed E-state index contributed by atoms with van der Waals surface area (Å²) in [5.74, 6) is 0. The molecule has 13 heavy (non-hydrogen) atoms. The van der Waals surface area contributed by atoms with Crippen LogP contribution in [0.3, 0.4) is 0 Å². The monoisotopic (exact) mass is 182 g/mol. The van der Waals surface area contributed by atoms with Crippen molar-refractivity contribution in [1.82, 2.24) is 10.2 Å². The fraction of sp³-hybridized carbons (Fsp3) is 0.889. The van der Waals surface area contributed by atoms with Gasteiger partial charge in [0.2, 0.25) is 6.41 Å². The van der Waals surface area contributed by atoms with Crippen LogP contribution in [0.4, 0.5) is 0 Å². The number of hydrogen-bond donors (Lipinski definition) is 1. The van der Waals surface area contributed by atoms with Crippen molar-refractivity contribution < 1.29 is 25.1 Å². The van der Waals surface area contributed by atoms with Gasteiger partial charge in [0.1, 0.15) is 0 Å². The van der Waals surface area contributed by atoms with Gasteiger partial charge in [-0.2, -0.15) is 0 Å². The van der Waals surface area contributed by atoms with E-state index in [-0.39, 0.29) is 20.3 Å². The molecule has 0 saturated carbocycles. The van der Waals surface area contributed by atoms with Gasteiger partial charge in [-0.05, 0) is 0 Å². The predicted octanol–water partition coefficient (Wildman–Crippen LogP) is -1.79. The van der Waals surface area contributed by atoms with Crippen LogP contribution in [-0.2, 0) is 4.79 Å². The van der Waals surface area contributed by atoms with E-state index < -0.39 is 0 Å². The Morgan fingerprint density at radius 3 is 1.38 bits per heavy atom. The molecule has 0 rings (SSSR count). The van der Waals surface area contributed by atoms with E-state index in [2.05, 4.69) is 33.0 Å². The van der Waals surface area contributed by atoms with Crippen LogP contribution in [0.2, 0.25) is 0 Å². The van der Waals surface area contributed by atoms with E-state index in [1.54, 1.807) is 14.1 Å². The fourth-order valence-corrected chi connectivity index (χ4v) is 0.667. The molecule has 0 aromatic heterocycles. The summed E-state index contributed by atoms with van der Waals surface area (Å²) in [5, 5.41) is 3.31. The van der Waals surface area contributed by atoms with Gasteiger partial charge in [0.15, 0.2) is 0 Å². The fourth-order valence-electron chi connectivity index (χ4n) is 0.667. The molecule has 76 valence electrons. The minimum absolute atomic E-state index is 0. The molecule has 0 aromatic rings. The van der Waals surface area contributed by atoms with Gasteiger partial charge >= 0.3 is 18.9 Å². The van der Waals surface area contributed by atoms with Gasteiger partial charge in [0.05, 0.1) is 0 Å². The average molecular weight is 182 g/mol. The molecule has 0 unspecified atom stereocenters. The third-order valence-corrected chi connectivity index (χ3v) is 0.877. The normalized spacial score (nSPS) is 8.62. The zero-order valence-corrected chi connectivity index (χ0v) is 10.1. The number of carbonyl (C=O) groups excluding carboxylic acids is 1. The van der Waals surface area contributed by atoms with E-state index in [1.165, 1.54) is 4.90 Å². The molecule has 0 aliphatic rings. The molecule has 0 radical (unpaired) electrons. The molecule has 0 heterocycles. The molecule has 3 nitrogen and oxygen atoms in total. The Kier molecular flexibility index (Phi) is 17.3. The van der Waals surface area contributed by atoms with Crippen molar-refractivity contribution in [1.29, 1.82) is 0 Å². The van der Waals surface area contributed by atoms with Crippen molar-refractivity contribution in [2.75, 3.05) is 14.1 Å². The van der Waals surface area contributed by atoms with Crippen LogP contribution in [0.25, 0.3) is 0 Å². The maximum atomic E-state index is 9.43. The standard InChI is InChI=1S/C6H15N.C3H7NO.Li.H/c1-5(2)7-6(3)4;1-4(2)3-5;;/h5-7H,1-4H3;3H,1-2H3;;/q;;+1;-1. The van der Waals surface area contributed by atoms with Gasteiger partial charge in [-0.1, -0.05) is 27.7 Å². The molecule has 0 atom stereocenters. The molecule has 0 aromatic carbocycles. The molecule has 0 aliphatic carbocycles. The SMILES string of the molecule is CC(C)NC(C)C.CN(C)C=O.[H-].[Li+]. The van der Waals surface area contributed by atoms with E-state index in [0.29, 0.717) is 12.1 Å². The first kappa shape index (κ1) is 18.7. The Labute approximate surface area is 95.9 Å². The van der Waals surface area contributed by atoms with Crippen LogP contribution in [0.5, 0.6) is 0 Å². The molecule has 1 amide bonds. The molecule has 0 aliphatic heterocycles. The van der Waals surface area contributed by atoms with Crippen molar-refractivity contribution in [3.05, 3.63) is 0 Å². The summed E-state index contributed by atoms with van der Waals surface area (Å²) in [4.78, 5) is 10.9. The average Bonchev–Trinajstić information content (AvgIpc) is 1.85. The van der Waals surface area contributed by atoms with Gasteiger partial charge in [-0.3, -0.25) is 4.79 Å². The van der Waals surface area contributed by atoms with E-state index in [9.17, 15) is 4.79 Å². The van der Waals surface area contributed by atoms with Crippen molar-refractivity contribution in [2.24, 2.45) is 0 Å². The molecule has 0 fully saturated rings. The Balaban J connectivity index is -0.0000000651. The first-order valence-electron chi connectivity index (χ1n) is 4.28. The van der Waals surface area contributed by atoms with Gasteiger partial charge < -0.3 is 11.6 Å². The van der Waals surface area contributed by atoms with E-state index in [4.69, 9.17) is 0 Å². The molecule has 0 saturated heterocycles. The molecular weight excluding hydrogens is 159 g/mol. The molecule has 0 bridgehead atoms. The molecule has 0 spiro atoms. The number of rotatable bonds is 3. The van der Waals surface area contributed by atoms with Gasteiger partial charge in [-0.15, -0.1) is 0 Å². The maximum absolute atomic E-state index is 9.43. The van der Waals surface area contributed by atoms with Crippen molar-refractivity contribution in [2.45, 2.75) is 39.8 Å². The number of nitrogens with zero attached hydrogens (tertiary/aromatic N) is 1. The molecular formula is C9H23LiN2O. The number of carbonyl (C=O) groups is 1. The first-order valence-corrected chi connectivity index (χ1v) is 4.28. The first-order chi connectivity index (χ1) is 5.40. The van der Waals surface area contributed by atoms with Crippen LogP contribution in [0, 0.1) is 0 Å². The minimum atomic E-state index is 0. The zero-order chi connectivity index (χ0) is 10.1. The Bertz CT molecular complexity index is 105. The van der Waals surface area contributed by atoms with Crippen molar-refractivity contribution in [3.63, 3.8) is 0 Å². The second-order valence-electron chi connectivity index (χ2n) is 3.55. The van der Waals surface area contributed by atoms with E-state index in [0.717, 1.165) is 6.41 Å². The number of nitrogens with one attached hydrogen (secondary N) is 1. The predicted molar refractivity (Wildman–Crippen MR) is 54.3 cm³/mol. The Hall–Kier alpha value is 0.0274. The molecule has 1 N–H and O–H groups in total. The summed E-state index contributed by atoms with van der Waals surface area (Å²) in [6.45, 7) is 8.61. The third-order valence-electron chi connectivity index (χ3n) is 0.877. The second kappa shape index (κ2) is 12.0. The van der Waals surface area contributed by atoms with Crippen LogP contribution in [0.1, 0.15) is 29.1 Å². The maximum Gasteiger partial charge on any atom is 1.00 e. The number of amides is 1. The summed E-state index contributed by atoms with van der Waals surface area (Å²) in [5.41, 5.74) is 0. The Morgan fingerprint density at radius 2 is 1.38 bits per heavy atom. The quantitative estimate of drug-likeness (QED) is 0.413. The van der Waals surface area contributed by atoms with Gasteiger partial charge in [0, 0.05) is 26.2 Å². The largest absolute Gasteiger partial charge is 1.00 e. The van der Waals surface area contributed by atoms with Crippen molar-refractivity contribution >= 4 is 6.41 Å². The summed E-state index contributed by atoms with van der Waals surface area (Å²) >= 11 is 0. The van der Waals surface area contributed by atoms with Crippen molar-refractivity contribution in [3.8, 4) is 0 Å².